The molecule has 0 bridgehead atoms. The van der Waals surface area contributed by atoms with Crippen LogP contribution in [0.5, 0.6) is 0 Å². The molecule has 2 aromatic carbocycles. The Morgan fingerprint density at radius 1 is 1.00 bits per heavy atom. The molecule has 0 amide bonds. The highest BCUT2D eigenvalue weighted by Crippen LogP contribution is 2.33. The van der Waals surface area contributed by atoms with Crippen LogP contribution in [0, 0.1) is 0 Å². The fourth-order valence-corrected chi connectivity index (χ4v) is 3.89. The molecular weight excluding hydrogens is 332 g/mol. The molecule has 0 atom stereocenters. The summed E-state index contributed by atoms with van der Waals surface area (Å²) in [4.78, 5) is 12.6. The van der Waals surface area contributed by atoms with E-state index in [0.29, 0.717) is 11.6 Å². The van der Waals surface area contributed by atoms with Gasteiger partial charge in [0.05, 0.1) is 12.2 Å². The highest BCUT2D eigenvalue weighted by Gasteiger charge is 2.16. The van der Waals surface area contributed by atoms with Gasteiger partial charge in [-0.05, 0) is 48.1 Å². The standard InChI is InChI=1S/C21H21ClN2O/c22-19-6-3-7-20(14-19)24-13-12-23(21(24)25)15-16-8-10-18(11-9-16)17-4-1-2-5-17/h3,6-14,17H,1-2,4-5,15H2. The van der Waals surface area contributed by atoms with E-state index < -0.39 is 0 Å². The molecule has 4 heteroatoms. The minimum Gasteiger partial charge on any atom is -0.294 e. The average Bonchev–Trinajstić information content (AvgIpc) is 3.27. The molecule has 0 radical (unpaired) electrons. The van der Waals surface area contributed by atoms with Gasteiger partial charge >= 0.3 is 5.69 Å². The third-order valence-corrected chi connectivity index (χ3v) is 5.33. The van der Waals surface area contributed by atoms with Gasteiger partial charge in [-0.2, -0.15) is 0 Å². The molecule has 1 aliphatic rings. The Balaban J connectivity index is 1.54. The first-order chi connectivity index (χ1) is 12.2. The monoisotopic (exact) mass is 352 g/mol. The maximum Gasteiger partial charge on any atom is 0.333 e. The molecule has 0 aliphatic heterocycles. The number of aromatic nitrogens is 2. The van der Waals surface area contributed by atoms with Gasteiger partial charge < -0.3 is 0 Å². The summed E-state index contributed by atoms with van der Waals surface area (Å²) in [5.41, 5.74) is 3.31. The lowest BCUT2D eigenvalue weighted by atomic mass is 9.97. The highest BCUT2D eigenvalue weighted by molar-refractivity contribution is 6.30. The number of imidazole rings is 1. The highest BCUT2D eigenvalue weighted by atomic mass is 35.5. The van der Waals surface area contributed by atoms with Gasteiger partial charge in [0.1, 0.15) is 0 Å². The predicted molar refractivity (Wildman–Crippen MR) is 102 cm³/mol. The second-order valence-electron chi connectivity index (χ2n) is 6.78. The van der Waals surface area contributed by atoms with Gasteiger partial charge in [0, 0.05) is 17.4 Å². The summed E-state index contributed by atoms with van der Waals surface area (Å²) in [5, 5.41) is 0.625. The van der Waals surface area contributed by atoms with Gasteiger partial charge in [0.15, 0.2) is 0 Å². The molecule has 1 aliphatic carbocycles. The van der Waals surface area contributed by atoms with Gasteiger partial charge in [0.2, 0.25) is 0 Å². The Morgan fingerprint density at radius 2 is 1.76 bits per heavy atom. The third kappa shape index (κ3) is 3.42. The van der Waals surface area contributed by atoms with Crippen molar-refractivity contribution in [1.29, 1.82) is 0 Å². The maximum absolute atomic E-state index is 12.6. The van der Waals surface area contributed by atoms with E-state index in [0.717, 1.165) is 17.2 Å². The van der Waals surface area contributed by atoms with Crippen molar-refractivity contribution >= 4 is 11.6 Å². The number of hydrogen-bond donors (Lipinski definition) is 0. The van der Waals surface area contributed by atoms with Crippen LogP contribution in [0.4, 0.5) is 0 Å². The number of rotatable bonds is 4. The lowest BCUT2D eigenvalue weighted by Gasteiger charge is -2.10. The Labute approximate surface area is 152 Å². The first-order valence-corrected chi connectivity index (χ1v) is 9.21. The van der Waals surface area contributed by atoms with E-state index in [1.807, 2.05) is 18.3 Å². The van der Waals surface area contributed by atoms with Crippen LogP contribution in [-0.4, -0.2) is 9.13 Å². The Hall–Kier alpha value is -2.26. The lowest BCUT2D eigenvalue weighted by Crippen LogP contribution is -2.23. The fraction of sp³-hybridized carbons (Fsp3) is 0.286. The molecule has 0 unspecified atom stereocenters. The van der Waals surface area contributed by atoms with Crippen LogP contribution in [0.25, 0.3) is 5.69 Å². The van der Waals surface area contributed by atoms with E-state index in [4.69, 9.17) is 11.6 Å². The second kappa shape index (κ2) is 6.93. The maximum atomic E-state index is 12.6. The van der Waals surface area contributed by atoms with Gasteiger partial charge in [-0.15, -0.1) is 0 Å². The van der Waals surface area contributed by atoms with Crippen molar-refractivity contribution in [3.63, 3.8) is 0 Å². The van der Waals surface area contributed by atoms with Crippen molar-refractivity contribution in [2.45, 2.75) is 38.1 Å². The van der Waals surface area contributed by atoms with Crippen LogP contribution in [0.3, 0.4) is 0 Å². The number of nitrogens with zero attached hydrogens (tertiary/aromatic N) is 2. The second-order valence-corrected chi connectivity index (χ2v) is 7.22. The number of halogens is 1. The van der Waals surface area contributed by atoms with Crippen LogP contribution >= 0.6 is 11.6 Å². The largest absolute Gasteiger partial charge is 0.333 e. The number of hydrogen-bond acceptors (Lipinski definition) is 1. The van der Waals surface area contributed by atoms with E-state index in [9.17, 15) is 4.79 Å². The van der Waals surface area contributed by atoms with E-state index in [2.05, 4.69) is 24.3 Å². The van der Waals surface area contributed by atoms with Crippen LogP contribution in [-0.2, 0) is 6.54 Å². The van der Waals surface area contributed by atoms with Crippen LogP contribution < -0.4 is 5.69 Å². The van der Waals surface area contributed by atoms with E-state index in [1.54, 1.807) is 27.5 Å². The van der Waals surface area contributed by atoms with E-state index in [1.165, 1.54) is 31.2 Å². The lowest BCUT2D eigenvalue weighted by molar-refractivity contribution is 0.718. The summed E-state index contributed by atoms with van der Waals surface area (Å²) < 4.78 is 3.35. The molecule has 1 heterocycles. The molecule has 1 saturated carbocycles. The molecule has 25 heavy (non-hydrogen) atoms. The third-order valence-electron chi connectivity index (χ3n) is 5.09. The zero-order chi connectivity index (χ0) is 17.2. The predicted octanol–water partition coefficient (Wildman–Crippen LogP) is 5.00. The zero-order valence-corrected chi connectivity index (χ0v) is 14.8. The van der Waals surface area contributed by atoms with Crippen LogP contribution in [0.15, 0.2) is 65.7 Å². The molecule has 0 spiro atoms. The normalized spacial score (nSPS) is 14.9. The van der Waals surface area contributed by atoms with Crippen molar-refractivity contribution in [3.8, 4) is 5.69 Å². The van der Waals surface area contributed by atoms with Gasteiger partial charge in [-0.25, -0.2) is 4.79 Å². The molecule has 1 fully saturated rings. The van der Waals surface area contributed by atoms with Crippen molar-refractivity contribution in [2.24, 2.45) is 0 Å². The molecule has 0 N–H and O–H groups in total. The summed E-state index contributed by atoms with van der Waals surface area (Å²) in [6.45, 7) is 0.581. The van der Waals surface area contributed by atoms with Gasteiger partial charge in [-0.3, -0.25) is 9.13 Å². The molecule has 3 nitrogen and oxygen atoms in total. The molecule has 1 aromatic heterocycles. The van der Waals surface area contributed by atoms with Crippen molar-refractivity contribution in [2.75, 3.05) is 0 Å². The minimum absolute atomic E-state index is 0.0536. The van der Waals surface area contributed by atoms with Gasteiger partial charge in [-0.1, -0.05) is 54.8 Å². The SMILES string of the molecule is O=c1n(Cc2ccc(C3CCCC3)cc2)ccn1-c1cccc(Cl)c1. The van der Waals surface area contributed by atoms with E-state index in [-0.39, 0.29) is 5.69 Å². The fourth-order valence-electron chi connectivity index (χ4n) is 3.71. The van der Waals surface area contributed by atoms with Gasteiger partial charge in [0.25, 0.3) is 0 Å². The number of benzene rings is 2. The minimum atomic E-state index is -0.0536. The summed E-state index contributed by atoms with van der Waals surface area (Å²) in [5.74, 6) is 0.723. The topological polar surface area (TPSA) is 26.9 Å². The Bertz CT molecular complexity index is 918. The molecule has 4 rings (SSSR count). The molecule has 128 valence electrons. The first kappa shape index (κ1) is 16.2. The summed E-state index contributed by atoms with van der Waals surface area (Å²) in [6.07, 6.45) is 8.93. The molecule has 0 saturated heterocycles. The summed E-state index contributed by atoms with van der Waals surface area (Å²) in [7, 11) is 0. The van der Waals surface area contributed by atoms with Crippen molar-refractivity contribution in [3.05, 3.63) is 87.6 Å². The van der Waals surface area contributed by atoms with Crippen LogP contribution in [0.1, 0.15) is 42.7 Å². The average molecular weight is 353 g/mol. The van der Waals surface area contributed by atoms with Crippen LogP contribution in [0.2, 0.25) is 5.02 Å². The Kier molecular flexibility index (Phi) is 4.50. The quantitative estimate of drug-likeness (QED) is 0.649. The molecule has 3 aromatic rings. The summed E-state index contributed by atoms with van der Waals surface area (Å²) in [6, 6.07) is 16.1. The zero-order valence-electron chi connectivity index (χ0n) is 14.1. The first-order valence-electron chi connectivity index (χ1n) is 8.83. The van der Waals surface area contributed by atoms with Crippen molar-refractivity contribution in [1.82, 2.24) is 9.13 Å². The van der Waals surface area contributed by atoms with Crippen molar-refractivity contribution < 1.29 is 0 Å². The Morgan fingerprint density at radius 3 is 2.48 bits per heavy atom. The van der Waals surface area contributed by atoms with E-state index >= 15 is 0 Å². The molecular formula is C21H21ClN2O. The summed E-state index contributed by atoms with van der Waals surface area (Å²) >= 11 is 6.03. The smallest absolute Gasteiger partial charge is 0.294 e.